The molecule has 0 bridgehead atoms. The van der Waals surface area contributed by atoms with Crippen LogP contribution in [-0.4, -0.2) is 16.7 Å². The van der Waals surface area contributed by atoms with Crippen molar-refractivity contribution in [1.29, 1.82) is 0 Å². The maximum atomic E-state index is 12.2. The lowest BCUT2D eigenvalue weighted by Gasteiger charge is -2.08. The molecule has 1 aromatic carbocycles. The lowest BCUT2D eigenvalue weighted by atomic mass is 10.2. The molecule has 17 heavy (non-hydrogen) atoms. The second-order valence-electron chi connectivity index (χ2n) is 4.03. The van der Waals surface area contributed by atoms with Crippen LogP contribution in [0, 0.1) is 0 Å². The number of nitrogens with zero attached hydrogens (tertiary/aromatic N) is 2. The lowest BCUT2D eigenvalue weighted by Crippen LogP contribution is -2.22. The normalized spacial score (nSPS) is 10.8. The van der Waals surface area contributed by atoms with Crippen LogP contribution in [0.4, 0.5) is 0 Å². The highest BCUT2D eigenvalue weighted by Crippen LogP contribution is 2.16. The van der Waals surface area contributed by atoms with Gasteiger partial charge in [-0.05, 0) is 24.6 Å². The van der Waals surface area contributed by atoms with E-state index >= 15 is 0 Å². The van der Waals surface area contributed by atoms with Gasteiger partial charge in [-0.2, -0.15) is 0 Å². The Hall–Kier alpha value is -1.84. The number of aryl methyl sites for hydroxylation is 1. The van der Waals surface area contributed by atoms with Crippen molar-refractivity contribution >= 4 is 10.9 Å². The Morgan fingerprint density at radius 1 is 1.41 bits per heavy atom. The lowest BCUT2D eigenvalue weighted by molar-refractivity contribution is 0.415. The summed E-state index contributed by atoms with van der Waals surface area (Å²) < 4.78 is 6.74. The van der Waals surface area contributed by atoms with Crippen molar-refractivity contribution < 1.29 is 4.74 Å². The molecular formula is C13H16N2O2. The van der Waals surface area contributed by atoms with Crippen molar-refractivity contribution in [2.75, 3.05) is 7.11 Å². The molecule has 0 atom stereocenters. The molecule has 4 heteroatoms. The van der Waals surface area contributed by atoms with E-state index in [1.165, 1.54) is 0 Å². The number of aromatic nitrogens is 2. The van der Waals surface area contributed by atoms with Crippen molar-refractivity contribution in [2.45, 2.75) is 19.8 Å². The second-order valence-corrected chi connectivity index (χ2v) is 4.03. The molecule has 1 heterocycles. The van der Waals surface area contributed by atoms with Crippen molar-refractivity contribution in [1.82, 2.24) is 9.55 Å². The number of methoxy groups -OCH3 is 1. The summed E-state index contributed by atoms with van der Waals surface area (Å²) in [6.07, 6.45) is 1.79. The van der Waals surface area contributed by atoms with E-state index in [0.717, 1.165) is 24.2 Å². The predicted molar refractivity (Wildman–Crippen MR) is 67.5 cm³/mol. The van der Waals surface area contributed by atoms with E-state index in [1.807, 2.05) is 12.1 Å². The van der Waals surface area contributed by atoms with Gasteiger partial charge in [-0.1, -0.05) is 6.92 Å². The molecule has 0 unspecified atom stereocenters. The van der Waals surface area contributed by atoms with Crippen LogP contribution in [0.1, 0.15) is 19.2 Å². The monoisotopic (exact) mass is 232 g/mol. The number of rotatable bonds is 3. The van der Waals surface area contributed by atoms with E-state index in [4.69, 9.17) is 4.74 Å². The van der Waals surface area contributed by atoms with Gasteiger partial charge in [-0.15, -0.1) is 0 Å². The third kappa shape index (κ3) is 2.02. The van der Waals surface area contributed by atoms with Gasteiger partial charge in [-0.3, -0.25) is 9.36 Å². The summed E-state index contributed by atoms with van der Waals surface area (Å²) in [6, 6.07) is 5.39. The first-order valence-corrected chi connectivity index (χ1v) is 5.71. The van der Waals surface area contributed by atoms with Crippen LogP contribution in [-0.2, 0) is 13.5 Å². The Kier molecular flexibility index (Phi) is 3.13. The summed E-state index contributed by atoms with van der Waals surface area (Å²) in [5.41, 5.74) is 0.717. The Labute approximate surface area is 99.9 Å². The molecule has 0 amide bonds. The van der Waals surface area contributed by atoms with Crippen LogP contribution in [0.15, 0.2) is 23.0 Å². The first-order valence-electron chi connectivity index (χ1n) is 5.71. The highest BCUT2D eigenvalue weighted by molar-refractivity contribution is 5.79. The van der Waals surface area contributed by atoms with E-state index in [-0.39, 0.29) is 5.56 Å². The Morgan fingerprint density at radius 3 is 2.82 bits per heavy atom. The summed E-state index contributed by atoms with van der Waals surface area (Å²) in [7, 11) is 3.35. The number of hydrogen-bond acceptors (Lipinski definition) is 3. The van der Waals surface area contributed by atoms with E-state index in [9.17, 15) is 4.79 Å². The Bertz CT molecular complexity index is 602. The zero-order valence-electron chi connectivity index (χ0n) is 10.4. The highest BCUT2D eigenvalue weighted by atomic mass is 16.5. The molecule has 0 aliphatic heterocycles. The molecule has 0 saturated heterocycles. The fourth-order valence-corrected chi connectivity index (χ4v) is 1.87. The van der Waals surface area contributed by atoms with Gasteiger partial charge < -0.3 is 4.74 Å². The predicted octanol–water partition coefficient (Wildman–Crippen LogP) is 1.89. The molecule has 0 saturated carbocycles. The summed E-state index contributed by atoms with van der Waals surface area (Å²) in [6.45, 7) is 2.07. The summed E-state index contributed by atoms with van der Waals surface area (Å²) >= 11 is 0. The number of benzene rings is 1. The van der Waals surface area contributed by atoms with Crippen LogP contribution >= 0.6 is 0 Å². The number of ether oxygens (including phenoxy) is 1. The summed E-state index contributed by atoms with van der Waals surface area (Å²) in [5, 5.41) is 0.603. The molecule has 0 aliphatic rings. The first kappa shape index (κ1) is 11.6. The van der Waals surface area contributed by atoms with Crippen LogP contribution in [0.5, 0.6) is 5.75 Å². The molecular weight excluding hydrogens is 216 g/mol. The smallest absolute Gasteiger partial charge is 0.261 e. The van der Waals surface area contributed by atoms with E-state index in [1.54, 1.807) is 24.8 Å². The molecule has 2 rings (SSSR count). The van der Waals surface area contributed by atoms with Crippen molar-refractivity contribution in [3.05, 3.63) is 34.4 Å². The fraction of sp³-hybridized carbons (Fsp3) is 0.385. The maximum absolute atomic E-state index is 12.2. The molecule has 90 valence electrons. The average Bonchev–Trinajstić information content (AvgIpc) is 2.35. The van der Waals surface area contributed by atoms with Crippen LogP contribution in [0.25, 0.3) is 10.9 Å². The standard InChI is InChI=1S/C13H16N2O2/c1-4-5-12-14-11-7-6-9(17-3)8-10(11)13(16)15(12)2/h6-8H,4-5H2,1-3H3. The summed E-state index contributed by atoms with van der Waals surface area (Å²) in [4.78, 5) is 16.7. The topological polar surface area (TPSA) is 44.1 Å². The van der Waals surface area contributed by atoms with E-state index in [2.05, 4.69) is 11.9 Å². The van der Waals surface area contributed by atoms with Crippen LogP contribution < -0.4 is 10.3 Å². The maximum Gasteiger partial charge on any atom is 0.261 e. The summed E-state index contributed by atoms with van der Waals surface area (Å²) in [5.74, 6) is 1.51. The van der Waals surface area contributed by atoms with Gasteiger partial charge in [0.15, 0.2) is 0 Å². The molecule has 1 aromatic heterocycles. The van der Waals surface area contributed by atoms with Crippen molar-refractivity contribution in [3.63, 3.8) is 0 Å². The van der Waals surface area contributed by atoms with E-state index < -0.39 is 0 Å². The van der Waals surface area contributed by atoms with Crippen LogP contribution in [0.3, 0.4) is 0 Å². The van der Waals surface area contributed by atoms with Gasteiger partial charge in [0.2, 0.25) is 0 Å². The largest absolute Gasteiger partial charge is 0.497 e. The molecule has 0 fully saturated rings. The van der Waals surface area contributed by atoms with Gasteiger partial charge in [0.1, 0.15) is 11.6 Å². The van der Waals surface area contributed by atoms with Gasteiger partial charge >= 0.3 is 0 Å². The highest BCUT2D eigenvalue weighted by Gasteiger charge is 2.08. The average molecular weight is 232 g/mol. The third-order valence-corrected chi connectivity index (χ3v) is 2.85. The molecule has 2 aromatic rings. The van der Waals surface area contributed by atoms with Crippen LogP contribution in [0.2, 0.25) is 0 Å². The van der Waals surface area contributed by atoms with Crippen molar-refractivity contribution in [2.24, 2.45) is 7.05 Å². The van der Waals surface area contributed by atoms with Crippen molar-refractivity contribution in [3.8, 4) is 5.75 Å². The minimum atomic E-state index is -0.0163. The molecule has 0 radical (unpaired) electrons. The minimum absolute atomic E-state index is 0.0163. The molecule has 0 spiro atoms. The van der Waals surface area contributed by atoms with E-state index in [0.29, 0.717) is 11.1 Å². The minimum Gasteiger partial charge on any atom is -0.497 e. The molecule has 0 aliphatic carbocycles. The SMILES string of the molecule is CCCc1nc2ccc(OC)cc2c(=O)n1C. The fourth-order valence-electron chi connectivity index (χ4n) is 1.87. The Morgan fingerprint density at radius 2 is 2.18 bits per heavy atom. The third-order valence-electron chi connectivity index (χ3n) is 2.85. The zero-order valence-corrected chi connectivity index (χ0v) is 10.4. The Balaban J connectivity index is 2.72. The van der Waals surface area contributed by atoms with Gasteiger partial charge in [0, 0.05) is 13.5 Å². The number of fused-ring (bicyclic) bond motifs is 1. The zero-order chi connectivity index (χ0) is 12.4. The van der Waals surface area contributed by atoms with Gasteiger partial charge in [0.25, 0.3) is 5.56 Å². The molecule has 0 N–H and O–H groups in total. The first-order chi connectivity index (χ1) is 8.17. The number of hydrogen-bond donors (Lipinski definition) is 0. The second kappa shape index (κ2) is 4.57. The van der Waals surface area contributed by atoms with Gasteiger partial charge in [0.05, 0.1) is 18.0 Å². The molecule has 4 nitrogen and oxygen atoms in total. The van der Waals surface area contributed by atoms with Gasteiger partial charge in [-0.25, -0.2) is 4.98 Å². The quantitative estimate of drug-likeness (QED) is 0.811.